The highest BCUT2D eigenvalue weighted by Gasteiger charge is 2.54. The van der Waals surface area contributed by atoms with Crippen LogP contribution < -0.4 is 4.57 Å². The molecule has 2 aromatic rings. The monoisotopic (exact) mass is 322 g/mol. The van der Waals surface area contributed by atoms with Crippen LogP contribution in [-0.2, 0) is 22.6 Å². The molecule has 1 aromatic heterocycles. The van der Waals surface area contributed by atoms with E-state index in [4.69, 9.17) is 0 Å². The van der Waals surface area contributed by atoms with Crippen molar-refractivity contribution in [1.29, 1.82) is 0 Å². The molecular formula is C21H24NO2+. The normalized spacial score (nSPS) is 19.2. The Labute approximate surface area is 143 Å². The van der Waals surface area contributed by atoms with Crippen molar-refractivity contribution >= 4 is 11.6 Å². The van der Waals surface area contributed by atoms with Gasteiger partial charge in [-0.2, -0.15) is 0 Å². The van der Waals surface area contributed by atoms with Crippen LogP contribution in [0, 0.1) is 10.8 Å². The molecule has 1 aliphatic carbocycles. The molecule has 1 aromatic carbocycles. The van der Waals surface area contributed by atoms with Gasteiger partial charge < -0.3 is 0 Å². The van der Waals surface area contributed by atoms with Crippen LogP contribution in [0.25, 0.3) is 0 Å². The Morgan fingerprint density at radius 1 is 0.875 bits per heavy atom. The molecule has 0 saturated heterocycles. The number of benzene rings is 1. The number of ketones is 2. The van der Waals surface area contributed by atoms with E-state index in [1.54, 1.807) is 0 Å². The molecule has 0 unspecified atom stereocenters. The van der Waals surface area contributed by atoms with E-state index in [-0.39, 0.29) is 17.0 Å². The van der Waals surface area contributed by atoms with Crippen molar-refractivity contribution in [3.63, 3.8) is 0 Å². The van der Waals surface area contributed by atoms with Gasteiger partial charge in [-0.15, -0.1) is 0 Å². The van der Waals surface area contributed by atoms with Gasteiger partial charge >= 0.3 is 0 Å². The van der Waals surface area contributed by atoms with Crippen LogP contribution in [0.4, 0.5) is 0 Å². The van der Waals surface area contributed by atoms with Crippen molar-refractivity contribution < 1.29 is 14.2 Å². The number of hydrogen-bond acceptors (Lipinski definition) is 2. The second-order valence-electron chi connectivity index (χ2n) is 7.66. The second-order valence-corrected chi connectivity index (χ2v) is 7.66. The highest BCUT2D eigenvalue weighted by Crippen LogP contribution is 2.42. The Hall–Kier alpha value is -2.29. The number of nitrogens with zero attached hydrogens (tertiary/aromatic N) is 1. The van der Waals surface area contributed by atoms with Gasteiger partial charge in [0.1, 0.15) is 5.41 Å². The van der Waals surface area contributed by atoms with Crippen LogP contribution in [-0.4, -0.2) is 11.6 Å². The zero-order chi connectivity index (χ0) is 17.2. The van der Waals surface area contributed by atoms with Gasteiger partial charge in [-0.05, 0) is 17.4 Å². The third-order valence-electron chi connectivity index (χ3n) is 4.92. The topological polar surface area (TPSA) is 38.0 Å². The summed E-state index contributed by atoms with van der Waals surface area (Å²) in [6.45, 7) is 4.42. The van der Waals surface area contributed by atoms with E-state index in [2.05, 4.69) is 0 Å². The standard InChI is InChI=1S/C21H24NO2/c1-20(2)14-18(23)21(19(24)15-20,13-17-9-5-3-6-10-17)16-22-11-7-4-8-12-22/h3-12H,13-16H2,1-2H3/q+1. The van der Waals surface area contributed by atoms with Crippen LogP contribution >= 0.6 is 0 Å². The van der Waals surface area contributed by atoms with E-state index in [1.807, 2.05) is 79.3 Å². The van der Waals surface area contributed by atoms with Crippen molar-refractivity contribution in [3.8, 4) is 0 Å². The fraction of sp³-hybridized carbons (Fsp3) is 0.381. The quantitative estimate of drug-likeness (QED) is 0.640. The predicted molar refractivity (Wildman–Crippen MR) is 92.2 cm³/mol. The second kappa shape index (κ2) is 6.31. The number of rotatable bonds is 4. The molecule has 3 rings (SSSR count). The molecule has 0 spiro atoms. The van der Waals surface area contributed by atoms with Gasteiger partial charge in [0.15, 0.2) is 30.5 Å². The molecular weight excluding hydrogens is 298 g/mol. The Morgan fingerprint density at radius 3 is 2.00 bits per heavy atom. The van der Waals surface area contributed by atoms with Crippen molar-refractivity contribution in [2.45, 2.75) is 39.7 Å². The van der Waals surface area contributed by atoms with Gasteiger partial charge in [0.05, 0.1) is 0 Å². The first kappa shape index (κ1) is 16.6. The summed E-state index contributed by atoms with van der Waals surface area (Å²) in [7, 11) is 0. The molecule has 1 aliphatic rings. The maximum atomic E-state index is 13.1. The summed E-state index contributed by atoms with van der Waals surface area (Å²) in [5.74, 6) is 0.146. The zero-order valence-electron chi connectivity index (χ0n) is 14.4. The average molecular weight is 322 g/mol. The molecule has 0 amide bonds. The number of Topliss-reactive ketones (excluding diaryl/α,β-unsaturated/α-hetero) is 2. The number of aromatic nitrogens is 1. The highest BCUT2D eigenvalue weighted by molar-refractivity contribution is 6.09. The van der Waals surface area contributed by atoms with E-state index in [9.17, 15) is 9.59 Å². The molecule has 3 heteroatoms. The van der Waals surface area contributed by atoms with E-state index in [1.165, 1.54) is 0 Å². The minimum atomic E-state index is -0.955. The molecule has 0 aliphatic heterocycles. The highest BCUT2D eigenvalue weighted by atomic mass is 16.2. The number of carbonyl (C=O) groups excluding carboxylic acids is 2. The summed E-state index contributed by atoms with van der Waals surface area (Å²) in [5.41, 5.74) is -0.158. The van der Waals surface area contributed by atoms with Gasteiger partial charge in [-0.1, -0.05) is 50.2 Å². The first-order valence-corrected chi connectivity index (χ1v) is 8.46. The SMILES string of the molecule is CC1(C)CC(=O)C(Cc2ccccc2)(C[n+]2ccccc2)C(=O)C1. The number of hydrogen-bond donors (Lipinski definition) is 0. The first-order valence-electron chi connectivity index (χ1n) is 8.46. The van der Waals surface area contributed by atoms with E-state index in [0.29, 0.717) is 25.8 Å². The van der Waals surface area contributed by atoms with Crippen LogP contribution in [0.2, 0.25) is 0 Å². The fourth-order valence-electron chi connectivity index (χ4n) is 3.65. The largest absolute Gasteiger partial charge is 0.298 e. The summed E-state index contributed by atoms with van der Waals surface area (Å²) in [4.78, 5) is 26.2. The maximum Gasteiger partial charge on any atom is 0.168 e. The third kappa shape index (κ3) is 3.30. The van der Waals surface area contributed by atoms with E-state index < -0.39 is 5.41 Å². The lowest BCUT2D eigenvalue weighted by molar-refractivity contribution is -0.705. The zero-order valence-corrected chi connectivity index (χ0v) is 14.4. The van der Waals surface area contributed by atoms with Gasteiger partial charge in [0, 0.05) is 25.0 Å². The summed E-state index contributed by atoms with van der Waals surface area (Å²) in [6.07, 6.45) is 5.24. The van der Waals surface area contributed by atoms with Crippen LogP contribution in [0.5, 0.6) is 0 Å². The van der Waals surface area contributed by atoms with Crippen molar-refractivity contribution in [2.75, 3.05) is 0 Å². The molecule has 1 saturated carbocycles. The van der Waals surface area contributed by atoms with Gasteiger partial charge in [0.25, 0.3) is 0 Å². The minimum absolute atomic E-state index is 0.0731. The van der Waals surface area contributed by atoms with Crippen molar-refractivity contribution in [3.05, 3.63) is 66.5 Å². The predicted octanol–water partition coefficient (Wildman–Crippen LogP) is 3.16. The van der Waals surface area contributed by atoms with Crippen molar-refractivity contribution in [1.82, 2.24) is 0 Å². The van der Waals surface area contributed by atoms with E-state index >= 15 is 0 Å². The molecule has 0 bridgehead atoms. The first-order chi connectivity index (χ1) is 11.4. The van der Waals surface area contributed by atoms with Gasteiger partial charge in [-0.25, -0.2) is 4.57 Å². The summed E-state index contributed by atoms with van der Waals surface area (Å²) in [6, 6.07) is 15.7. The lowest BCUT2D eigenvalue weighted by Gasteiger charge is -2.39. The van der Waals surface area contributed by atoms with E-state index in [0.717, 1.165) is 5.56 Å². The Morgan fingerprint density at radius 2 is 1.42 bits per heavy atom. The molecule has 0 radical (unpaired) electrons. The van der Waals surface area contributed by atoms with Crippen LogP contribution in [0.15, 0.2) is 60.9 Å². The number of pyridine rings is 1. The number of carbonyl (C=O) groups is 2. The Bertz CT molecular complexity index is 671. The molecule has 0 N–H and O–H groups in total. The molecule has 24 heavy (non-hydrogen) atoms. The summed E-state index contributed by atoms with van der Waals surface area (Å²) in [5, 5.41) is 0. The van der Waals surface area contributed by atoms with Crippen LogP contribution in [0.1, 0.15) is 32.3 Å². The summed E-state index contributed by atoms with van der Waals surface area (Å²) < 4.78 is 1.96. The molecule has 3 nitrogen and oxygen atoms in total. The lowest BCUT2D eigenvalue weighted by Crippen LogP contribution is -2.57. The van der Waals surface area contributed by atoms with Gasteiger partial charge in [-0.3, -0.25) is 9.59 Å². The van der Waals surface area contributed by atoms with Crippen molar-refractivity contribution in [2.24, 2.45) is 10.8 Å². The van der Waals surface area contributed by atoms with Crippen LogP contribution in [0.3, 0.4) is 0 Å². The maximum absolute atomic E-state index is 13.1. The lowest BCUT2D eigenvalue weighted by atomic mass is 9.61. The smallest absolute Gasteiger partial charge is 0.168 e. The molecule has 1 heterocycles. The fourth-order valence-corrected chi connectivity index (χ4v) is 3.65. The Kier molecular flexibility index (Phi) is 4.35. The minimum Gasteiger partial charge on any atom is -0.298 e. The molecule has 124 valence electrons. The van der Waals surface area contributed by atoms with Gasteiger partial charge in [0.2, 0.25) is 0 Å². The third-order valence-corrected chi connectivity index (χ3v) is 4.92. The molecule has 1 fully saturated rings. The molecule has 0 atom stereocenters. The Balaban J connectivity index is 2.00. The summed E-state index contributed by atoms with van der Waals surface area (Å²) >= 11 is 0. The average Bonchev–Trinajstić information content (AvgIpc) is 2.54.